The van der Waals surface area contributed by atoms with Gasteiger partial charge in [0, 0.05) is 24.4 Å². The molecule has 3 aromatic rings. The van der Waals surface area contributed by atoms with Gasteiger partial charge in [0.05, 0.1) is 29.4 Å². The summed E-state index contributed by atoms with van der Waals surface area (Å²) < 4.78 is 0. The summed E-state index contributed by atoms with van der Waals surface area (Å²) in [7, 11) is 1.66. The first-order valence-electron chi connectivity index (χ1n) is 14.9. The molecule has 4 amide bonds. The van der Waals surface area contributed by atoms with E-state index < -0.39 is 36.4 Å². The van der Waals surface area contributed by atoms with Gasteiger partial charge in [-0.3, -0.25) is 4.79 Å². The molecule has 44 heavy (non-hydrogen) atoms. The van der Waals surface area contributed by atoms with Crippen LogP contribution in [0.5, 0.6) is 0 Å². The summed E-state index contributed by atoms with van der Waals surface area (Å²) in [5, 5.41) is 32.0. The van der Waals surface area contributed by atoms with Gasteiger partial charge in [-0.25, -0.2) is 14.6 Å². The molecule has 0 aliphatic rings. The lowest BCUT2D eigenvalue weighted by atomic mass is 9.93. The minimum absolute atomic E-state index is 0.0963. The lowest BCUT2D eigenvalue weighted by molar-refractivity contribution is -0.124. The van der Waals surface area contributed by atoms with Crippen molar-refractivity contribution < 1.29 is 24.6 Å². The number of hydrogen-bond donors (Lipinski definition) is 5. The number of carbonyl (C=O) groups is 3. The molecule has 5 N–H and O–H groups in total. The van der Waals surface area contributed by atoms with Crippen molar-refractivity contribution in [1.29, 1.82) is 0 Å². The molecule has 11 heteroatoms. The van der Waals surface area contributed by atoms with Crippen LogP contribution < -0.4 is 16.0 Å². The minimum Gasteiger partial charge on any atom is -0.465 e. The summed E-state index contributed by atoms with van der Waals surface area (Å²) in [6, 6.07) is 16.3. The fraction of sp³-hybridized carbons (Fsp3) is 0.455. The first kappa shape index (κ1) is 34.5. The normalized spacial score (nSPS) is 14.0. The number of carboxylic acid groups (broad SMARTS) is 1. The molecule has 1 heterocycles. The summed E-state index contributed by atoms with van der Waals surface area (Å²) in [5.41, 5.74) is 2.61. The SMILES string of the molecule is CC(C)c1nc(CN(C)C(=O)NC(C(=O)NC(Cc2ccccc2)CC(O)C(Cc2ccccc2)NC(=O)O)C(C)C)cs1. The zero-order chi connectivity index (χ0) is 32.2. The summed E-state index contributed by atoms with van der Waals surface area (Å²) >= 11 is 1.56. The Morgan fingerprint density at radius 1 is 0.886 bits per heavy atom. The van der Waals surface area contributed by atoms with Crippen molar-refractivity contribution in [1.82, 2.24) is 25.8 Å². The van der Waals surface area contributed by atoms with E-state index in [4.69, 9.17) is 0 Å². The molecule has 0 bridgehead atoms. The molecule has 0 radical (unpaired) electrons. The van der Waals surface area contributed by atoms with Gasteiger partial charge in [0.15, 0.2) is 0 Å². The predicted octanol–water partition coefficient (Wildman–Crippen LogP) is 4.79. The number of hydrogen-bond acceptors (Lipinski definition) is 6. The molecule has 10 nitrogen and oxygen atoms in total. The standard InChI is InChI=1S/C33H45N5O5S/c1-21(2)29(37-32(41)38(5)19-26-20-44-31(35-26)22(3)4)30(40)34-25(16-23-12-8-6-9-13-23)18-28(39)27(36-33(42)43)17-24-14-10-7-11-15-24/h6-15,20-22,25,27-29,36,39H,16-19H2,1-5H3,(H,34,40)(H,37,41)(H,42,43). The third-order valence-corrected chi connectivity index (χ3v) is 8.50. The van der Waals surface area contributed by atoms with Crippen LogP contribution in [0.4, 0.5) is 9.59 Å². The van der Waals surface area contributed by atoms with Crippen molar-refractivity contribution in [2.45, 2.75) is 83.6 Å². The fourth-order valence-electron chi connectivity index (χ4n) is 4.90. The number of nitrogens with zero attached hydrogens (tertiary/aromatic N) is 2. The highest BCUT2D eigenvalue weighted by Crippen LogP contribution is 2.20. The Morgan fingerprint density at radius 3 is 2.00 bits per heavy atom. The maximum Gasteiger partial charge on any atom is 0.404 e. The molecule has 2 aromatic carbocycles. The highest BCUT2D eigenvalue weighted by Gasteiger charge is 2.30. The van der Waals surface area contributed by atoms with Crippen LogP contribution in [0.3, 0.4) is 0 Å². The zero-order valence-corrected chi connectivity index (χ0v) is 26.9. The minimum atomic E-state index is -1.24. The van der Waals surface area contributed by atoms with Gasteiger partial charge in [0.25, 0.3) is 0 Å². The van der Waals surface area contributed by atoms with E-state index in [0.29, 0.717) is 18.9 Å². The molecule has 0 spiro atoms. The quantitative estimate of drug-likeness (QED) is 0.165. The molecule has 238 valence electrons. The van der Waals surface area contributed by atoms with E-state index in [-0.39, 0.29) is 24.7 Å². The summed E-state index contributed by atoms with van der Waals surface area (Å²) in [4.78, 5) is 44.5. The second kappa shape index (κ2) is 16.8. The number of aliphatic hydroxyl groups is 1. The lowest BCUT2D eigenvalue weighted by Crippen LogP contribution is -2.55. The van der Waals surface area contributed by atoms with Crippen LogP contribution in [0.15, 0.2) is 66.0 Å². The van der Waals surface area contributed by atoms with E-state index in [9.17, 15) is 24.6 Å². The Balaban J connectivity index is 1.73. The Hall–Kier alpha value is -3.96. The summed E-state index contributed by atoms with van der Waals surface area (Å²) in [5.74, 6) is -0.296. The van der Waals surface area contributed by atoms with Crippen molar-refractivity contribution in [3.05, 3.63) is 87.9 Å². The smallest absolute Gasteiger partial charge is 0.404 e. The second-order valence-electron chi connectivity index (χ2n) is 11.8. The number of carbonyl (C=O) groups excluding carboxylic acids is 2. The van der Waals surface area contributed by atoms with Crippen LogP contribution in [-0.2, 0) is 24.2 Å². The van der Waals surface area contributed by atoms with Crippen molar-refractivity contribution in [2.75, 3.05) is 7.05 Å². The molecular formula is C33H45N5O5S. The van der Waals surface area contributed by atoms with Crippen LogP contribution in [0, 0.1) is 5.92 Å². The highest BCUT2D eigenvalue weighted by molar-refractivity contribution is 7.09. The fourth-order valence-corrected chi connectivity index (χ4v) is 5.73. The topological polar surface area (TPSA) is 144 Å². The Kier molecular flexibility index (Phi) is 13.2. The van der Waals surface area contributed by atoms with Crippen LogP contribution >= 0.6 is 11.3 Å². The number of aliphatic hydroxyl groups excluding tert-OH is 1. The number of thiazole rings is 1. The van der Waals surface area contributed by atoms with Crippen LogP contribution in [0.1, 0.15) is 61.9 Å². The van der Waals surface area contributed by atoms with Crippen LogP contribution in [-0.4, -0.2) is 69.4 Å². The van der Waals surface area contributed by atoms with Crippen molar-refractivity contribution in [3.8, 4) is 0 Å². The molecule has 0 aliphatic heterocycles. The number of nitrogens with one attached hydrogen (secondary N) is 3. The van der Waals surface area contributed by atoms with E-state index in [1.165, 1.54) is 4.90 Å². The predicted molar refractivity (Wildman–Crippen MR) is 173 cm³/mol. The number of aromatic nitrogens is 1. The van der Waals surface area contributed by atoms with Gasteiger partial charge in [-0.05, 0) is 36.3 Å². The third-order valence-electron chi connectivity index (χ3n) is 7.31. The second-order valence-corrected chi connectivity index (χ2v) is 12.7. The molecule has 0 saturated carbocycles. The maximum absolute atomic E-state index is 13.7. The van der Waals surface area contributed by atoms with E-state index in [1.807, 2.05) is 79.9 Å². The molecule has 0 fully saturated rings. The molecular weight excluding hydrogens is 578 g/mol. The molecule has 4 unspecified atom stereocenters. The average molecular weight is 624 g/mol. The third kappa shape index (κ3) is 10.9. The summed E-state index contributed by atoms with van der Waals surface area (Å²) in [6.45, 7) is 8.16. The zero-order valence-electron chi connectivity index (χ0n) is 26.1. The van der Waals surface area contributed by atoms with Crippen molar-refractivity contribution in [2.24, 2.45) is 5.92 Å². The van der Waals surface area contributed by atoms with Gasteiger partial charge in [-0.15, -0.1) is 11.3 Å². The first-order valence-corrected chi connectivity index (χ1v) is 15.8. The van der Waals surface area contributed by atoms with E-state index in [0.717, 1.165) is 21.8 Å². The molecule has 3 rings (SSSR count). The van der Waals surface area contributed by atoms with Crippen molar-refractivity contribution in [3.63, 3.8) is 0 Å². The average Bonchev–Trinajstić information content (AvgIpc) is 3.45. The van der Waals surface area contributed by atoms with Gasteiger partial charge in [0.1, 0.15) is 6.04 Å². The van der Waals surface area contributed by atoms with Gasteiger partial charge >= 0.3 is 12.1 Å². The van der Waals surface area contributed by atoms with Gasteiger partial charge < -0.3 is 31.1 Å². The van der Waals surface area contributed by atoms with E-state index in [2.05, 4.69) is 34.8 Å². The van der Waals surface area contributed by atoms with Gasteiger partial charge in [-0.2, -0.15) is 0 Å². The van der Waals surface area contributed by atoms with Gasteiger partial charge in [0.2, 0.25) is 5.91 Å². The van der Waals surface area contributed by atoms with Crippen molar-refractivity contribution >= 4 is 29.4 Å². The molecule has 4 atom stereocenters. The first-order chi connectivity index (χ1) is 20.9. The monoisotopic (exact) mass is 623 g/mol. The lowest BCUT2D eigenvalue weighted by Gasteiger charge is -2.30. The maximum atomic E-state index is 13.7. The molecule has 0 aliphatic carbocycles. The Bertz CT molecular complexity index is 1330. The summed E-state index contributed by atoms with van der Waals surface area (Å²) in [6.07, 6.45) is -1.53. The van der Waals surface area contributed by atoms with E-state index >= 15 is 0 Å². The number of urea groups is 1. The largest absolute Gasteiger partial charge is 0.465 e. The van der Waals surface area contributed by atoms with Gasteiger partial charge in [-0.1, -0.05) is 88.4 Å². The number of amides is 4. The molecule has 1 aromatic heterocycles. The Labute approximate surface area is 263 Å². The number of benzene rings is 2. The highest BCUT2D eigenvalue weighted by atomic mass is 32.1. The van der Waals surface area contributed by atoms with E-state index in [1.54, 1.807) is 18.4 Å². The molecule has 0 saturated heterocycles. The Morgan fingerprint density at radius 2 is 1.48 bits per heavy atom. The number of rotatable bonds is 15. The van der Waals surface area contributed by atoms with Crippen LogP contribution in [0.2, 0.25) is 0 Å². The van der Waals surface area contributed by atoms with Crippen LogP contribution in [0.25, 0.3) is 0 Å².